The average Bonchev–Trinajstić information content (AvgIpc) is 3.23. The third-order valence-corrected chi connectivity index (χ3v) is 5.58. The van der Waals surface area contributed by atoms with Gasteiger partial charge >= 0.3 is 0 Å². The van der Waals surface area contributed by atoms with Crippen molar-refractivity contribution in [2.75, 3.05) is 11.5 Å². The Balaban J connectivity index is 1.68. The van der Waals surface area contributed by atoms with Gasteiger partial charge in [-0.05, 0) is 32.0 Å². The molecule has 9 nitrogen and oxygen atoms in total. The average molecular weight is 459 g/mol. The summed E-state index contributed by atoms with van der Waals surface area (Å²) < 4.78 is 5.20. The van der Waals surface area contributed by atoms with Crippen LogP contribution in [-0.4, -0.2) is 30.1 Å². The Labute approximate surface area is 193 Å². The van der Waals surface area contributed by atoms with Crippen molar-refractivity contribution in [2.45, 2.75) is 19.8 Å². The molecule has 2 aromatic carbocycles. The van der Waals surface area contributed by atoms with E-state index in [9.17, 15) is 0 Å². The second-order valence-corrected chi connectivity index (χ2v) is 7.93. The smallest absolute Gasteiger partial charge is 0.265 e. The molecule has 0 spiro atoms. The van der Waals surface area contributed by atoms with Gasteiger partial charge in [0.2, 0.25) is 0 Å². The second-order valence-electron chi connectivity index (χ2n) is 7.52. The number of aromatic nitrogens is 6. The standard InChI is InChI=1S/C23H19ClN8O/c1-11(22-30-20(25)17(21(26)31-22)23-27-12(2)32-33-23)18-19(13-7-3-4-8-14(13)24)29-16-10-6-5-9-15(16)28-18/h3-11H,1-2H3,(H4,25,26,30,31). The van der Waals surface area contributed by atoms with Crippen molar-refractivity contribution in [3.63, 3.8) is 0 Å². The van der Waals surface area contributed by atoms with E-state index in [-0.39, 0.29) is 17.5 Å². The molecule has 3 aromatic heterocycles. The molecule has 0 aliphatic rings. The zero-order chi connectivity index (χ0) is 23.1. The molecule has 164 valence electrons. The van der Waals surface area contributed by atoms with E-state index in [0.29, 0.717) is 33.6 Å². The number of fused-ring (bicyclic) bond motifs is 1. The molecule has 0 aliphatic carbocycles. The number of nitrogens with zero attached hydrogens (tertiary/aromatic N) is 6. The van der Waals surface area contributed by atoms with Crippen LogP contribution < -0.4 is 11.5 Å². The number of anilines is 2. The van der Waals surface area contributed by atoms with E-state index < -0.39 is 5.92 Å². The third kappa shape index (κ3) is 3.72. The number of halogens is 1. The van der Waals surface area contributed by atoms with Gasteiger partial charge in [0, 0.05) is 5.56 Å². The molecule has 4 N–H and O–H groups in total. The summed E-state index contributed by atoms with van der Waals surface area (Å²) in [6.07, 6.45) is 0. The van der Waals surface area contributed by atoms with E-state index in [2.05, 4.69) is 20.1 Å². The van der Waals surface area contributed by atoms with Gasteiger partial charge in [-0.15, -0.1) is 0 Å². The van der Waals surface area contributed by atoms with E-state index in [0.717, 1.165) is 16.6 Å². The third-order valence-electron chi connectivity index (χ3n) is 5.25. The summed E-state index contributed by atoms with van der Waals surface area (Å²) in [4.78, 5) is 22.9. The Morgan fingerprint density at radius 2 is 1.48 bits per heavy atom. The number of nitrogens with two attached hydrogens (primary N) is 2. The van der Waals surface area contributed by atoms with Crippen LogP contribution in [0.2, 0.25) is 5.02 Å². The lowest BCUT2D eigenvalue weighted by Gasteiger charge is -2.17. The summed E-state index contributed by atoms with van der Waals surface area (Å²) in [5.41, 5.74) is 16.3. The summed E-state index contributed by atoms with van der Waals surface area (Å²) in [6.45, 7) is 3.62. The summed E-state index contributed by atoms with van der Waals surface area (Å²) >= 11 is 6.51. The SMILES string of the molecule is Cc1noc(-c2c(N)nc(C(C)c3nc4ccccc4nc3-c3ccccc3Cl)nc2N)n1. The second kappa shape index (κ2) is 8.10. The van der Waals surface area contributed by atoms with Gasteiger partial charge in [0.25, 0.3) is 5.89 Å². The molecule has 0 saturated heterocycles. The highest BCUT2D eigenvalue weighted by atomic mass is 35.5. The molecule has 0 fully saturated rings. The lowest BCUT2D eigenvalue weighted by Crippen LogP contribution is -2.12. The Bertz CT molecular complexity index is 1480. The molecule has 1 unspecified atom stereocenters. The molecular formula is C23H19ClN8O. The topological polar surface area (TPSA) is 143 Å². The first-order valence-corrected chi connectivity index (χ1v) is 10.6. The van der Waals surface area contributed by atoms with E-state index in [4.69, 9.17) is 37.6 Å². The van der Waals surface area contributed by atoms with Crippen LogP contribution in [0.1, 0.15) is 30.2 Å². The molecule has 0 radical (unpaired) electrons. The maximum Gasteiger partial charge on any atom is 0.265 e. The van der Waals surface area contributed by atoms with E-state index in [1.807, 2.05) is 55.5 Å². The van der Waals surface area contributed by atoms with Crippen LogP contribution in [0, 0.1) is 6.92 Å². The molecule has 5 aromatic rings. The van der Waals surface area contributed by atoms with Crippen LogP contribution in [-0.2, 0) is 0 Å². The Morgan fingerprint density at radius 3 is 2.12 bits per heavy atom. The zero-order valence-electron chi connectivity index (χ0n) is 17.8. The molecule has 0 amide bonds. The first kappa shape index (κ1) is 20.8. The zero-order valence-corrected chi connectivity index (χ0v) is 18.6. The van der Waals surface area contributed by atoms with Crippen LogP contribution in [0.4, 0.5) is 11.6 Å². The van der Waals surface area contributed by atoms with Crippen LogP contribution >= 0.6 is 11.6 Å². The number of nitrogen functional groups attached to an aromatic ring is 2. The molecule has 5 rings (SSSR count). The molecular weight excluding hydrogens is 440 g/mol. The van der Waals surface area contributed by atoms with E-state index in [1.165, 1.54) is 0 Å². The molecule has 3 heterocycles. The first-order chi connectivity index (χ1) is 15.9. The highest BCUT2D eigenvalue weighted by Gasteiger charge is 2.25. The Hall–Kier alpha value is -4.11. The lowest BCUT2D eigenvalue weighted by molar-refractivity contribution is 0.425. The summed E-state index contributed by atoms with van der Waals surface area (Å²) in [6, 6.07) is 15.1. The van der Waals surface area contributed by atoms with E-state index >= 15 is 0 Å². The minimum absolute atomic E-state index is 0.140. The van der Waals surface area contributed by atoms with E-state index in [1.54, 1.807) is 6.92 Å². The fourth-order valence-electron chi connectivity index (χ4n) is 3.62. The van der Waals surface area contributed by atoms with Crippen molar-refractivity contribution in [1.82, 2.24) is 30.1 Å². The van der Waals surface area contributed by atoms with Gasteiger partial charge in [-0.2, -0.15) is 4.98 Å². The van der Waals surface area contributed by atoms with Crippen molar-refractivity contribution < 1.29 is 4.52 Å². The summed E-state index contributed by atoms with van der Waals surface area (Å²) in [5.74, 6) is 0.905. The molecule has 33 heavy (non-hydrogen) atoms. The molecule has 1 atom stereocenters. The van der Waals surface area contributed by atoms with Gasteiger partial charge in [0.15, 0.2) is 5.82 Å². The number of rotatable bonds is 4. The van der Waals surface area contributed by atoms with Crippen molar-refractivity contribution in [3.8, 4) is 22.7 Å². The van der Waals surface area contributed by atoms with Gasteiger partial charge in [0.05, 0.1) is 33.4 Å². The molecule has 0 bridgehead atoms. The van der Waals surface area contributed by atoms with Gasteiger partial charge in [0.1, 0.15) is 23.0 Å². The van der Waals surface area contributed by atoms with Gasteiger partial charge < -0.3 is 16.0 Å². The van der Waals surface area contributed by atoms with Crippen molar-refractivity contribution in [1.29, 1.82) is 0 Å². The Morgan fingerprint density at radius 1 is 0.848 bits per heavy atom. The fourth-order valence-corrected chi connectivity index (χ4v) is 3.84. The van der Waals surface area contributed by atoms with Crippen LogP contribution in [0.5, 0.6) is 0 Å². The predicted octanol–water partition coefficient (Wildman–Crippen LogP) is 4.41. The van der Waals surface area contributed by atoms with Crippen molar-refractivity contribution in [2.24, 2.45) is 0 Å². The summed E-state index contributed by atoms with van der Waals surface area (Å²) in [7, 11) is 0. The largest absolute Gasteiger partial charge is 0.383 e. The minimum atomic E-state index is -0.392. The van der Waals surface area contributed by atoms with Crippen molar-refractivity contribution >= 4 is 34.3 Å². The molecule has 10 heteroatoms. The first-order valence-electron chi connectivity index (χ1n) is 10.2. The normalized spacial score (nSPS) is 12.2. The van der Waals surface area contributed by atoms with Gasteiger partial charge in [-0.1, -0.05) is 47.1 Å². The fraction of sp³-hybridized carbons (Fsp3) is 0.130. The molecule has 0 saturated carbocycles. The number of para-hydroxylation sites is 2. The van der Waals surface area contributed by atoms with Crippen molar-refractivity contribution in [3.05, 3.63) is 70.9 Å². The molecule has 0 aliphatic heterocycles. The minimum Gasteiger partial charge on any atom is -0.383 e. The maximum atomic E-state index is 6.51. The van der Waals surface area contributed by atoms with Crippen LogP contribution in [0.15, 0.2) is 53.1 Å². The monoisotopic (exact) mass is 458 g/mol. The highest BCUT2D eigenvalue weighted by molar-refractivity contribution is 6.33. The Kier molecular flexibility index (Phi) is 5.10. The number of benzene rings is 2. The number of aryl methyl sites for hydroxylation is 1. The van der Waals surface area contributed by atoms with Gasteiger partial charge in [-0.25, -0.2) is 19.9 Å². The maximum absolute atomic E-state index is 6.51. The van der Waals surface area contributed by atoms with Gasteiger partial charge in [-0.3, -0.25) is 0 Å². The highest BCUT2D eigenvalue weighted by Crippen LogP contribution is 2.36. The quantitative estimate of drug-likeness (QED) is 0.400. The number of hydrogen-bond donors (Lipinski definition) is 2. The van der Waals surface area contributed by atoms with Crippen LogP contribution in [0.25, 0.3) is 33.7 Å². The number of hydrogen-bond acceptors (Lipinski definition) is 9. The lowest BCUT2D eigenvalue weighted by atomic mass is 9.99. The van der Waals surface area contributed by atoms with Crippen LogP contribution in [0.3, 0.4) is 0 Å². The predicted molar refractivity (Wildman–Crippen MR) is 126 cm³/mol. The summed E-state index contributed by atoms with van der Waals surface area (Å²) in [5, 5.41) is 4.35.